The Balaban J connectivity index is 3.53. The fraction of sp³-hybridized carbons (Fsp3) is 0.769. The van der Waals surface area contributed by atoms with Crippen molar-refractivity contribution in [2.75, 3.05) is 0 Å². The van der Waals surface area contributed by atoms with Crippen LogP contribution in [0.15, 0.2) is 14.4 Å². The molecule has 1 atom stereocenters. The summed E-state index contributed by atoms with van der Waals surface area (Å²) in [5, 5.41) is 9.68. The average molecular weight is 285 g/mol. The van der Waals surface area contributed by atoms with Gasteiger partial charge in [0.25, 0.3) is 0 Å². The van der Waals surface area contributed by atoms with Gasteiger partial charge in [0, 0.05) is 13.1 Å². The van der Waals surface area contributed by atoms with E-state index in [0.717, 1.165) is 13.7 Å². The number of hydrogen-bond donors (Lipinski definition) is 1. The summed E-state index contributed by atoms with van der Waals surface area (Å²) in [7, 11) is 0. The highest BCUT2D eigenvalue weighted by atomic mass is 16.3. The first-order chi connectivity index (χ1) is 9.47. The molecule has 0 spiro atoms. The molecule has 0 aliphatic rings. The van der Waals surface area contributed by atoms with Gasteiger partial charge in [-0.15, -0.1) is 0 Å². The molecule has 0 amide bonds. The van der Waals surface area contributed by atoms with Crippen molar-refractivity contribution in [2.24, 2.45) is 0 Å². The molecule has 1 aromatic heterocycles. The van der Waals surface area contributed by atoms with Gasteiger partial charge < -0.3 is 5.11 Å². The highest BCUT2D eigenvalue weighted by Crippen LogP contribution is 1.91. The van der Waals surface area contributed by atoms with E-state index in [9.17, 15) is 19.5 Å². The van der Waals surface area contributed by atoms with Crippen LogP contribution in [0.4, 0.5) is 0 Å². The molecule has 0 aliphatic heterocycles. The van der Waals surface area contributed by atoms with Gasteiger partial charge in [-0.25, -0.2) is 28.1 Å². The monoisotopic (exact) mass is 285 g/mol. The summed E-state index contributed by atoms with van der Waals surface area (Å²) >= 11 is 0. The lowest BCUT2D eigenvalue weighted by atomic mass is 10.3. The molecule has 1 aromatic rings. The van der Waals surface area contributed by atoms with E-state index in [1.807, 2.05) is 13.8 Å². The Kier molecular flexibility index (Phi) is 5.94. The van der Waals surface area contributed by atoms with Crippen molar-refractivity contribution in [3.63, 3.8) is 0 Å². The fourth-order valence-corrected chi connectivity index (χ4v) is 2.01. The van der Waals surface area contributed by atoms with Crippen LogP contribution in [0.5, 0.6) is 0 Å². The molecule has 0 bridgehead atoms. The van der Waals surface area contributed by atoms with E-state index >= 15 is 0 Å². The third kappa shape index (κ3) is 3.27. The molecule has 0 radical (unpaired) electrons. The zero-order valence-electron chi connectivity index (χ0n) is 12.3. The molecule has 114 valence electrons. The molecule has 0 aliphatic carbocycles. The van der Waals surface area contributed by atoms with Crippen molar-refractivity contribution in [1.29, 1.82) is 0 Å². The standard InChI is InChI=1S/C13H23N3O4/c1-4-7-14-11(18)15(8-5-2)13(20)16(12(14)19)9-10(17)6-3/h10,17H,4-9H2,1-3H3. The van der Waals surface area contributed by atoms with Crippen LogP contribution in [0.25, 0.3) is 0 Å². The van der Waals surface area contributed by atoms with Crippen LogP contribution in [-0.4, -0.2) is 24.9 Å². The molecule has 0 saturated heterocycles. The summed E-state index contributed by atoms with van der Waals surface area (Å²) in [6.07, 6.45) is 0.904. The Morgan fingerprint density at radius 2 is 1.25 bits per heavy atom. The van der Waals surface area contributed by atoms with Crippen molar-refractivity contribution in [1.82, 2.24) is 13.7 Å². The highest BCUT2D eigenvalue weighted by molar-refractivity contribution is 4.80. The van der Waals surface area contributed by atoms with Gasteiger partial charge in [-0.05, 0) is 19.3 Å². The van der Waals surface area contributed by atoms with Gasteiger partial charge >= 0.3 is 17.1 Å². The summed E-state index contributed by atoms with van der Waals surface area (Å²) in [6.45, 7) is 5.93. The van der Waals surface area contributed by atoms with Crippen molar-refractivity contribution in [3.8, 4) is 0 Å². The molecule has 20 heavy (non-hydrogen) atoms. The molecule has 1 unspecified atom stereocenters. The smallest absolute Gasteiger partial charge is 0.336 e. The predicted octanol–water partition coefficient (Wildman–Crippen LogP) is -0.237. The second kappa shape index (κ2) is 7.23. The van der Waals surface area contributed by atoms with Crippen molar-refractivity contribution < 1.29 is 5.11 Å². The largest absolute Gasteiger partial charge is 0.391 e. The molecule has 1 rings (SSSR count). The van der Waals surface area contributed by atoms with Crippen LogP contribution >= 0.6 is 0 Å². The maximum Gasteiger partial charge on any atom is 0.336 e. The minimum absolute atomic E-state index is 0.0815. The van der Waals surface area contributed by atoms with Gasteiger partial charge in [-0.2, -0.15) is 0 Å². The minimum atomic E-state index is -0.775. The van der Waals surface area contributed by atoms with Crippen LogP contribution in [0.3, 0.4) is 0 Å². The van der Waals surface area contributed by atoms with E-state index in [4.69, 9.17) is 0 Å². The molecule has 1 heterocycles. The molecule has 1 N–H and O–H groups in total. The van der Waals surface area contributed by atoms with E-state index in [-0.39, 0.29) is 19.6 Å². The van der Waals surface area contributed by atoms with Crippen LogP contribution in [-0.2, 0) is 19.6 Å². The van der Waals surface area contributed by atoms with Crippen LogP contribution < -0.4 is 17.1 Å². The minimum Gasteiger partial charge on any atom is -0.391 e. The SMILES string of the molecule is CCCn1c(=O)n(CCC)c(=O)n(CC(O)CC)c1=O. The zero-order valence-corrected chi connectivity index (χ0v) is 12.3. The van der Waals surface area contributed by atoms with Gasteiger partial charge in [0.05, 0.1) is 12.6 Å². The Hall–Kier alpha value is -1.63. The first-order valence-corrected chi connectivity index (χ1v) is 7.10. The van der Waals surface area contributed by atoms with Crippen molar-refractivity contribution >= 4 is 0 Å². The van der Waals surface area contributed by atoms with E-state index in [1.54, 1.807) is 6.92 Å². The Labute approximate surface area is 117 Å². The number of aliphatic hydroxyl groups is 1. The molecule has 0 fully saturated rings. The van der Waals surface area contributed by atoms with Crippen molar-refractivity contribution in [3.05, 3.63) is 31.5 Å². The normalized spacial score (nSPS) is 12.6. The molecule has 0 saturated carbocycles. The maximum absolute atomic E-state index is 12.2. The quantitative estimate of drug-likeness (QED) is 0.749. The van der Waals surface area contributed by atoms with Crippen LogP contribution in [0.2, 0.25) is 0 Å². The molecular formula is C13H23N3O4. The Bertz CT molecular complexity index is 567. The number of hydrogen-bond acceptors (Lipinski definition) is 4. The van der Waals surface area contributed by atoms with Gasteiger partial charge in [-0.3, -0.25) is 0 Å². The lowest BCUT2D eigenvalue weighted by Crippen LogP contribution is -2.55. The molecule has 7 heteroatoms. The van der Waals surface area contributed by atoms with Crippen LogP contribution in [0.1, 0.15) is 40.0 Å². The Morgan fingerprint density at radius 3 is 1.60 bits per heavy atom. The zero-order chi connectivity index (χ0) is 15.3. The maximum atomic E-state index is 12.2. The Morgan fingerprint density at radius 1 is 0.850 bits per heavy atom. The third-order valence-electron chi connectivity index (χ3n) is 3.14. The molecular weight excluding hydrogens is 262 g/mol. The third-order valence-corrected chi connectivity index (χ3v) is 3.14. The molecule has 7 nitrogen and oxygen atoms in total. The summed E-state index contributed by atoms with van der Waals surface area (Å²) in [6, 6.07) is 0. The summed E-state index contributed by atoms with van der Waals surface area (Å²) in [5.41, 5.74) is -1.84. The lowest BCUT2D eigenvalue weighted by Gasteiger charge is -2.15. The van der Waals surface area contributed by atoms with Gasteiger partial charge in [-0.1, -0.05) is 20.8 Å². The van der Waals surface area contributed by atoms with E-state index in [0.29, 0.717) is 19.3 Å². The first kappa shape index (κ1) is 16.4. The number of rotatable bonds is 7. The molecule has 0 aromatic carbocycles. The average Bonchev–Trinajstić information content (AvgIpc) is 2.44. The van der Waals surface area contributed by atoms with Gasteiger partial charge in [0.2, 0.25) is 0 Å². The van der Waals surface area contributed by atoms with Crippen molar-refractivity contribution in [2.45, 2.75) is 65.8 Å². The summed E-state index contributed by atoms with van der Waals surface area (Å²) in [4.78, 5) is 36.6. The number of aliphatic hydroxyl groups excluding tert-OH is 1. The summed E-state index contributed by atoms with van der Waals surface area (Å²) < 4.78 is 3.10. The van der Waals surface area contributed by atoms with E-state index in [1.165, 1.54) is 0 Å². The van der Waals surface area contributed by atoms with E-state index < -0.39 is 23.2 Å². The highest BCUT2D eigenvalue weighted by Gasteiger charge is 2.16. The van der Waals surface area contributed by atoms with Gasteiger partial charge in [0.1, 0.15) is 0 Å². The second-order valence-electron chi connectivity index (χ2n) is 4.82. The van der Waals surface area contributed by atoms with Crippen LogP contribution in [0, 0.1) is 0 Å². The van der Waals surface area contributed by atoms with E-state index in [2.05, 4.69) is 0 Å². The topological polar surface area (TPSA) is 86.2 Å². The number of aromatic nitrogens is 3. The summed E-state index contributed by atoms with van der Waals surface area (Å²) in [5.74, 6) is 0. The first-order valence-electron chi connectivity index (χ1n) is 7.10. The fourth-order valence-electron chi connectivity index (χ4n) is 2.01. The van der Waals surface area contributed by atoms with Gasteiger partial charge in [0.15, 0.2) is 0 Å². The lowest BCUT2D eigenvalue weighted by molar-refractivity contribution is 0.143. The second-order valence-corrected chi connectivity index (χ2v) is 4.82. The predicted molar refractivity (Wildman–Crippen MR) is 76.1 cm³/mol. The number of nitrogens with zero attached hydrogens (tertiary/aromatic N) is 3.